The molecule has 1 aliphatic heterocycles. The Hall–Kier alpha value is -2.88. The minimum Gasteiger partial charge on any atom is -0.465 e. The van der Waals surface area contributed by atoms with Gasteiger partial charge < -0.3 is 9.64 Å². The molecular weight excluding hydrogens is 286 g/mol. The summed E-state index contributed by atoms with van der Waals surface area (Å²) in [6.45, 7) is 1.59. The molecule has 0 spiro atoms. The van der Waals surface area contributed by atoms with Crippen LogP contribution < -0.4 is 4.90 Å². The van der Waals surface area contributed by atoms with E-state index in [1.807, 2.05) is 4.90 Å². The lowest BCUT2D eigenvalue weighted by Crippen LogP contribution is -2.18. The van der Waals surface area contributed by atoms with E-state index in [1.54, 1.807) is 18.2 Å². The van der Waals surface area contributed by atoms with Gasteiger partial charge in [-0.2, -0.15) is 5.26 Å². The van der Waals surface area contributed by atoms with E-state index in [1.165, 1.54) is 19.3 Å². The summed E-state index contributed by atoms with van der Waals surface area (Å²) in [5.41, 5.74) is 0.747. The summed E-state index contributed by atoms with van der Waals surface area (Å²) in [6.07, 6.45) is 3.31. The van der Waals surface area contributed by atoms with Crippen LogP contribution in [0.3, 0.4) is 0 Å². The first-order valence-corrected chi connectivity index (χ1v) is 6.80. The van der Waals surface area contributed by atoms with E-state index in [2.05, 4.69) is 4.74 Å². The number of nitrogens with zero attached hydrogens (tertiary/aromatic N) is 3. The second-order valence-electron chi connectivity index (χ2n) is 4.86. The monoisotopic (exact) mass is 301 g/mol. The molecular formula is C15H15N3O4. The lowest BCUT2D eigenvalue weighted by atomic mass is 10.1. The smallest absolute Gasteiger partial charge is 0.348 e. The highest BCUT2D eigenvalue weighted by Crippen LogP contribution is 2.32. The highest BCUT2D eigenvalue weighted by Gasteiger charge is 2.22. The van der Waals surface area contributed by atoms with E-state index in [0.29, 0.717) is 11.3 Å². The Bertz CT molecular complexity index is 670. The molecule has 0 saturated carbocycles. The van der Waals surface area contributed by atoms with E-state index in [-0.39, 0.29) is 11.3 Å². The number of anilines is 1. The molecule has 0 amide bonds. The molecule has 0 unspecified atom stereocenters. The van der Waals surface area contributed by atoms with E-state index >= 15 is 0 Å². The molecule has 2 rings (SSSR count). The average Bonchev–Trinajstić information content (AvgIpc) is 3.05. The molecule has 1 aliphatic rings. The number of ether oxygens (including phenoxy) is 1. The Labute approximate surface area is 127 Å². The van der Waals surface area contributed by atoms with Crippen molar-refractivity contribution in [1.29, 1.82) is 5.26 Å². The van der Waals surface area contributed by atoms with Crippen LogP contribution in [-0.4, -0.2) is 31.1 Å². The van der Waals surface area contributed by atoms with Crippen LogP contribution in [-0.2, 0) is 9.53 Å². The normalized spacial score (nSPS) is 14.5. The topological polar surface area (TPSA) is 96.5 Å². The van der Waals surface area contributed by atoms with E-state index < -0.39 is 10.9 Å². The maximum Gasteiger partial charge on any atom is 0.348 e. The maximum atomic E-state index is 11.4. The first-order valence-electron chi connectivity index (χ1n) is 6.80. The van der Waals surface area contributed by atoms with Crippen LogP contribution >= 0.6 is 0 Å². The number of nitro groups is 1. The number of methoxy groups -OCH3 is 1. The van der Waals surface area contributed by atoms with Crippen molar-refractivity contribution in [3.05, 3.63) is 39.4 Å². The van der Waals surface area contributed by atoms with Crippen molar-refractivity contribution in [2.24, 2.45) is 0 Å². The Morgan fingerprint density at radius 3 is 2.68 bits per heavy atom. The molecule has 1 aromatic rings. The van der Waals surface area contributed by atoms with Gasteiger partial charge in [0.1, 0.15) is 17.3 Å². The minimum absolute atomic E-state index is 0.0298. The lowest BCUT2D eigenvalue weighted by molar-refractivity contribution is -0.384. The lowest BCUT2D eigenvalue weighted by Gasteiger charge is -2.17. The zero-order valence-corrected chi connectivity index (χ0v) is 12.1. The molecule has 0 aliphatic carbocycles. The molecule has 1 fully saturated rings. The number of hydrogen-bond acceptors (Lipinski definition) is 6. The number of benzene rings is 1. The molecule has 0 aromatic heterocycles. The van der Waals surface area contributed by atoms with E-state index in [9.17, 15) is 14.9 Å². The molecule has 0 N–H and O–H groups in total. The molecule has 0 atom stereocenters. The van der Waals surface area contributed by atoms with Gasteiger partial charge in [-0.1, -0.05) is 6.07 Å². The zero-order chi connectivity index (χ0) is 16.1. The van der Waals surface area contributed by atoms with Gasteiger partial charge in [-0.15, -0.1) is 0 Å². The van der Waals surface area contributed by atoms with E-state index in [0.717, 1.165) is 25.9 Å². The molecule has 7 heteroatoms. The quantitative estimate of drug-likeness (QED) is 0.278. The molecule has 1 heterocycles. The van der Waals surface area contributed by atoms with Gasteiger partial charge in [-0.3, -0.25) is 10.1 Å². The molecule has 1 aromatic carbocycles. The number of carbonyl (C=O) groups excluding carboxylic acids is 1. The number of esters is 1. The van der Waals surface area contributed by atoms with Gasteiger partial charge in [0.05, 0.1) is 12.0 Å². The van der Waals surface area contributed by atoms with Gasteiger partial charge in [0.25, 0.3) is 5.69 Å². The number of nitro benzene ring substituents is 1. The fourth-order valence-electron chi connectivity index (χ4n) is 2.42. The second-order valence-corrected chi connectivity index (χ2v) is 4.86. The molecule has 0 radical (unpaired) electrons. The largest absolute Gasteiger partial charge is 0.465 e. The molecule has 114 valence electrons. The zero-order valence-electron chi connectivity index (χ0n) is 12.1. The van der Waals surface area contributed by atoms with Crippen LogP contribution in [0.25, 0.3) is 6.08 Å². The van der Waals surface area contributed by atoms with Gasteiger partial charge >= 0.3 is 5.97 Å². The van der Waals surface area contributed by atoms with Gasteiger partial charge in [0, 0.05) is 19.2 Å². The van der Waals surface area contributed by atoms with Crippen LogP contribution in [0, 0.1) is 21.4 Å². The SMILES string of the molecule is COC(=O)C(C#N)=Cc1ccc(N2CCCC2)c([N+](=O)[O-])c1. The van der Waals surface area contributed by atoms with E-state index in [4.69, 9.17) is 5.26 Å². The number of carbonyl (C=O) groups is 1. The highest BCUT2D eigenvalue weighted by molar-refractivity contribution is 5.98. The third-order valence-corrected chi connectivity index (χ3v) is 3.48. The van der Waals surface area contributed by atoms with Gasteiger partial charge in [0.2, 0.25) is 0 Å². The molecule has 7 nitrogen and oxygen atoms in total. The number of rotatable bonds is 4. The first-order chi connectivity index (χ1) is 10.6. The van der Waals surface area contributed by atoms with Crippen LogP contribution in [0.1, 0.15) is 18.4 Å². The van der Waals surface area contributed by atoms with Crippen molar-refractivity contribution in [1.82, 2.24) is 0 Å². The van der Waals surface area contributed by atoms with Crippen LogP contribution in [0.15, 0.2) is 23.8 Å². The standard InChI is InChI=1S/C15H15N3O4/c1-22-15(19)12(10-16)8-11-4-5-13(14(9-11)18(20)21)17-6-2-3-7-17/h4-5,8-9H,2-3,6-7H2,1H3. The predicted molar refractivity (Wildman–Crippen MR) is 80.1 cm³/mol. The Kier molecular flexibility index (Phi) is 4.73. The van der Waals surface area contributed by atoms with Gasteiger partial charge in [0.15, 0.2) is 0 Å². The van der Waals surface area contributed by atoms with Crippen molar-refractivity contribution in [2.75, 3.05) is 25.1 Å². The average molecular weight is 301 g/mol. The first kappa shape index (κ1) is 15.5. The maximum absolute atomic E-state index is 11.4. The van der Waals surface area contributed by atoms with Crippen LogP contribution in [0.2, 0.25) is 0 Å². The summed E-state index contributed by atoms with van der Waals surface area (Å²) in [4.78, 5) is 24.2. The summed E-state index contributed by atoms with van der Waals surface area (Å²) < 4.78 is 4.49. The Morgan fingerprint density at radius 1 is 1.45 bits per heavy atom. The molecule has 1 saturated heterocycles. The van der Waals surface area contributed by atoms with Crippen molar-refractivity contribution < 1.29 is 14.5 Å². The highest BCUT2D eigenvalue weighted by atomic mass is 16.6. The van der Waals surface area contributed by atoms with Gasteiger partial charge in [-0.25, -0.2) is 4.79 Å². The van der Waals surface area contributed by atoms with Crippen molar-refractivity contribution >= 4 is 23.4 Å². The van der Waals surface area contributed by atoms with Crippen molar-refractivity contribution in [3.63, 3.8) is 0 Å². The Morgan fingerprint density at radius 2 is 2.14 bits per heavy atom. The summed E-state index contributed by atoms with van der Waals surface area (Å²) >= 11 is 0. The summed E-state index contributed by atoms with van der Waals surface area (Å²) in [5.74, 6) is -0.770. The van der Waals surface area contributed by atoms with Gasteiger partial charge in [-0.05, 0) is 30.5 Å². The predicted octanol–water partition coefficient (Wildman–Crippen LogP) is 2.27. The Balaban J connectivity index is 2.41. The number of nitriles is 1. The van der Waals surface area contributed by atoms with Crippen molar-refractivity contribution in [2.45, 2.75) is 12.8 Å². The second kappa shape index (κ2) is 6.72. The minimum atomic E-state index is -0.770. The fraction of sp³-hybridized carbons (Fsp3) is 0.333. The fourth-order valence-corrected chi connectivity index (χ4v) is 2.42. The summed E-state index contributed by atoms with van der Waals surface area (Å²) in [7, 11) is 1.17. The van der Waals surface area contributed by atoms with Crippen LogP contribution in [0.4, 0.5) is 11.4 Å². The van der Waals surface area contributed by atoms with Crippen molar-refractivity contribution in [3.8, 4) is 6.07 Å². The third kappa shape index (κ3) is 3.23. The summed E-state index contributed by atoms with van der Waals surface area (Å²) in [6, 6.07) is 6.40. The number of hydrogen-bond donors (Lipinski definition) is 0. The van der Waals surface area contributed by atoms with Crippen LogP contribution in [0.5, 0.6) is 0 Å². The molecule has 22 heavy (non-hydrogen) atoms. The third-order valence-electron chi connectivity index (χ3n) is 3.48. The summed E-state index contributed by atoms with van der Waals surface area (Å²) in [5, 5.41) is 20.2. The molecule has 0 bridgehead atoms.